The van der Waals surface area contributed by atoms with Gasteiger partial charge < -0.3 is 19.8 Å². The maximum absolute atomic E-state index is 10.5. The summed E-state index contributed by atoms with van der Waals surface area (Å²) in [4.78, 5) is 6.83. The molecule has 0 aliphatic carbocycles. The molecule has 0 unspecified atom stereocenters. The third kappa shape index (κ3) is 2.63. The number of morpholine rings is 1. The van der Waals surface area contributed by atoms with Crippen LogP contribution in [0.1, 0.15) is 0 Å². The van der Waals surface area contributed by atoms with Crippen molar-refractivity contribution in [3.05, 3.63) is 48.5 Å². The third-order valence-corrected chi connectivity index (χ3v) is 4.33. The molecule has 2 heterocycles. The van der Waals surface area contributed by atoms with Crippen molar-refractivity contribution < 1.29 is 14.9 Å². The first-order valence-electron chi connectivity index (χ1n) is 7.97. The Labute approximate surface area is 139 Å². The maximum atomic E-state index is 10.5. The van der Waals surface area contributed by atoms with Crippen molar-refractivity contribution in [2.75, 3.05) is 31.2 Å². The van der Waals surface area contributed by atoms with E-state index in [1.165, 1.54) is 0 Å². The lowest BCUT2D eigenvalue weighted by Crippen LogP contribution is -2.36. The van der Waals surface area contributed by atoms with Crippen molar-refractivity contribution in [2.45, 2.75) is 0 Å². The molecule has 0 amide bonds. The third-order valence-electron chi connectivity index (χ3n) is 4.33. The van der Waals surface area contributed by atoms with Gasteiger partial charge in [-0.25, -0.2) is 4.98 Å². The molecule has 1 aliphatic heterocycles. The van der Waals surface area contributed by atoms with Gasteiger partial charge in [0.2, 0.25) is 0 Å². The Morgan fingerprint density at radius 2 is 1.71 bits per heavy atom. The Balaban J connectivity index is 1.78. The highest BCUT2D eigenvalue weighted by Crippen LogP contribution is 2.34. The molecular weight excluding hydrogens is 304 g/mol. The fourth-order valence-corrected chi connectivity index (χ4v) is 3.04. The van der Waals surface area contributed by atoms with E-state index in [9.17, 15) is 10.2 Å². The van der Waals surface area contributed by atoms with Gasteiger partial charge in [-0.05, 0) is 30.3 Å². The molecule has 0 saturated carbocycles. The molecule has 5 nitrogen and oxygen atoms in total. The second-order valence-corrected chi connectivity index (χ2v) is 5.84. The van der Waals surface area contributed by atoms with E-state index in [4.69, 9.17) is 4.74 Å². The van der Waals surface area contributed by atoms with Gasteiger partial charge in [-0.15, -0.1) is 0 Å². The summed E-state index contributed by atoms with van der Waals surface area (Å²) in [7, 11) is 0. The van der Waals surface area contributed by atoms with Crippen LogP contribution in [0.3, 0.4) is 0 Å². The van der Waals surface area contributed by atoms with E-state index in [1.54, 1.807) is 24.3 Å². The average molecular weight is 322 g/mol. The molecule has 1 aromatic heterocycles. The number of aromatic nitrogens is 1. The van der Waals surface area contributed by atoms with E-state index >= 15 is 0 Å². The highest BCUT2D eigenvalue weighted by molar-refractivity contribution is 5.90. The zero-order valence-electron chi connectivity index (χ0n) is 13.1. The molecule has 0 spiro atoms. The van der Waals surface area contributed by atoms with Gasteiger partial charge in [0.25, 0.3) is 0 Å². The number of ether oxygens (including phenoxy) is 1. The number of para-hydroxylation sites is 1. The first-order valence-corrected chi connectivity index (χ1v) is 7.97. The molecule has 5 heteroatoms. The van der Waals surface area contributed by atoms with Crippen LogP contribution in [0.15, 0.2) is 48.5 Å². The van der Waals surface area contributed by atoms with E-state index in [-0.39, 0.29) is 11.5 Å². The summed E-state index contributed by atoms with van der Waals surface area (Å²) in [5, 5.41) is 21.2. The topological polar surface area (TPSA) is 65.8 Å². The highest BCUT2D eigenvalue weighted by Gasteiger charge is 2.14. The molecule has 24 heavy (non-hydrogen) atoms. The number of hydrogen-bond acceptors (Lipinski definition) is 5. The second kappa shape index (κ2) is 6.02. The quantitative estimate of drug-likeness (QED) is 0.759. The molecule has 1 fully saturated rings. The smallest absolute Gasteiger partial charge is 0.127 e. The predicted molar refractivity (Wildman–Crippen MR) is 93.5 cm³/mol. The van der Waals surface area contributed by atoms with Crippen molar-refractivity contribution in [1.82, 2.24) is 4.98 Å². The number of rotatable bonds is 2. The minimum absolute atomic E-state index is 0.147. The molecule has 0 radical (unpaired) electrons. The van der Waals surface area contributed by atoms with E-state index in [2.05, 4.69) is 9.88 Å². The summed E-state index contributed by atoms with van der Waals surface area (Å²) in [6.07, 6.45) is 0. The van der Waals surface area contributed by atoms with Crippen molar-refractivity contribution in [1.29, 1.82) is 0 Å². The van der Waals surface area contributed by atoms with Crippen molar-refractivity contribution in [3.8, 4) is 22.8 Å². The Morgan fingerprint density at radius 1 is 0.917 bits per heavy atom. The summed E-state index contributed by atoms with van der Waals surface area (Å²) in [6.45, 7) is 3.12. The van der Waals surface area contributed by atoms with E-state index < -0.39 is 0 Å². The van der Waals surface area contributed by atoms with Crippen LogP contribution in [0, 0.1) is 0 Å². The van der Waals surface area contributed by atoms with Gasteiger partial charge in [0.05, 0.1) is 24.4 Å². The number of fused-ring (bicyclic) bond motifs is 1. The van der Waals surface area contributed by atoms with Crippen LogP contribution in [0.4, 0.5) is 5.69 Å². The monoisotopic (exact) mass is 322 g/mol. The molecule has 0 bridgehead atoms. The average Bonchev–Trinajstić information content (AvgIpc) is 2.62. The first kappa shape index (κ1) is 14.8. The number of phenolic OH excluding ortho intramolecular Hbond substituents is 1. The predicted octanol–water partition coefficient (Wildman–Crippen LogP) is 3.15. The molecule has 3 aromatic rings. The Morgan fingerprint density at radius 3 is 2.50 bits per heavy atom. The zero-order chi connectivity index (χ0) is 16.5. The van der Waals surface area contributed by atoms with Gasteiger partial charge in [-0.1, -0.05) is 12.1 Å². The number of nitrogens with zero attached hydrogens (tertiary/aromatic N) is 2. The first-order chi connectivity index (χ1) is 11.7. The Hall–Kier alpha value is -2.79. The van der Waals surface area contributed by atoms with Crippen LogP contribution < -0.4 is 4.90 Å². The van der Waals surface area contributed by atoms with E-state index in [1.807, 2.05) is 24.3 Å². The SMILES string of the molecule is Oc1ccccc1-c1cc(O)c2cc(N3CCOCC3)ccc2n1. The standard InChI is InChI=1S/C19H18N2O3/c22-18-4-2-1-3-14(18)17-12-19(23)15-11-13(5-6-16(15)20-17)21-7-9-24-10-8-21/h1-6,11-12,22H,7-10H2,(H,20,23). The van der Waals surface area contributed by atoms with Gasteiger partial charge in [-0.3, -0.25) is 0 Å². The van der Waals surface area contributed by atoms with Crippen molar-refractivity contribution in [2.24, 2.45) is 0 Å². The van der Waals surface area contributed by atoms with Gasteiger partial charge in [0.15, 0.2) is 0 Å². The molecule has 122 valence electrons. The van der Waals surface area contributed by atoms with Gasteiger partial charge in [-0.2, -0.15) is 0 Å². The van der Waals surface area contributed by atoms with E-state index in [0.717, 1.165) is 18.8 Å². The molecular formula is C19H18N2O3. The minimum atomic E-state index is 0.147. The van der Waals surface area contributed by atoms with Crippen LogP contribution >= 0.6 is 0 Å². The number of phenols is 1. The minimum Gasteiger partial charge on any atom is -0.507 e. The summed E-state index contributed by atoms with van der Waals surface area (Å²) < 4.78 is 5.38. The van der Waals surface area contributed by atoms with Crippen LogP contribution in [-0.4, -0.2) is 41.5 Å². The van der Waals surface area contributed by atoms with Gasteiger partial charge >= 0.3 is 0 Å². The summed E-state index contributed by atoms with van der Waals surface area (Å²) >= 11 is 0. The number of aromatic hydroxyl groups is 2. The largest absolute Gasteiger partial charge is 0.507 e. The molecule has 1 saturated heterocycles. The molecule has 1 aliphatic rings. The Bertz CT molecular complexity index is 889. The fraction of sp³-hybridized carbons (Fsp3) is 0.211. The van der Waals surface area contributed by atoms with Crippen molar-refractivity contribution in [3.63, 3.8) is 0 Å². The van der Waals surface area contributed by atoms with Crippen LogP contribution in [0.25, 0.3) is 22.2 Å². The molecule has 0 atom stereocenters. The zero-order valence-corrected chi connectivity index (χ0v) is 13.1. The lowest BCUT2D eigenvalue weighted by Gasteiger charge is -2.29. The maximum Gasteiger partial charge on any atom is 0.127 e. The number of hydrogen-bond donors (Lipinski definition) is 2. The number of pyridine rings is 1. The molecule has 2 aromatic carbocycles. The normalized spacial score (nSPS) is 14.9. The summed E-state index contributed by atoms with van der Waals surface area (Å²) in [6, 6.07) is 14.5. The van der Waals surface area contributed by atoms with Crippen LogP contribution in [0.2, 0.25) is 0 Å². The second-order valence-electron chi connectivity index (χ2n) is 5.84. The highest BCUT2D eigenvalue weighted by atomic mass is 16.5. The molecule has 2 N–H and O–H groups in total. The van der Waals surface area contributed by atoms with Gasteiger partial charge in [0, 0.05) is 35.8 Å². The van der Waals surface area contributed by atoms with Crippen molar-refractivity contribution >= 4 is 16.6 Å². The Kier molecular flexibility index (Phi) is 3.70. The van der Waals surface area contributed by atoms with E-state index in [0.29, 0.717) is 35.4 Å². The van der Waals surface area contributed by atoms with Crippen LogP contribution in [0.5, 0.6) is 11.5 Å². The lowest BCUT2D eigenvalue weighted by atomic mass is 10.1. The summed E-state index contributed by atoms with van der Waals surface area (Å²) in [5.41, 5.74) is 2.91. The number of benzene rings is 2. The van der Waals surface area contributed by atoms with Gasteiger partial charge in [0.1, 0.15) is 11.5 Å². The fourth-order valence-electron chi connectivity index (χ4n) is 3.04. The number of anilines is 1. The molecule has 4 rings (SSSR count). The summed E-state index contributed by atoms with van der Waals surface area (Å²) in [5.74, 6) is 0.307. The lowest BCUT2D eigenvalue weighted by molar-refractivity contribution is 0.122. The van der Waals surface area contributed by atoms with Crippen LogP contribution in [-0.2, 0) is 4.74 Å².